The van der Waals surface area contributed by atoms with Crippen molar-refractivity contribution in [1.29, 1.82) is 0 Å². The number of rotatable bonds is 3. The second-order valence-electron chi connectivity index (χ2n) is 9.40. The van der Waals surface area contributed by atoms with E-state index in [1.165, 1.54) is 5.57 Å². The monoisotopic (exact) mass is 352 g/mol. The highest BCUT2D eigenvalue weighted by Crippen LogP contribution is 2.64. The van der Waals surface area contributed by atoms with Crippen molar-refractivity contribution in [2.45, 2.75) is 71.5 Å². The zero-order valence-electron chi connectivity index (χ0n) is 15.5. The molecule has 4 N–H and O–H groups in total. The first kappa shape index (κ1) is 18.9. The Balaban J connectivity index is 1.98. The van der Waals surface area contributed by atoms with Gasteiger partial charge in [-0.3, -0.25) is 4.79 Å². The molecule has 3 rings (SSSR count). The molecule has 7 atom stereocenters. The molecular formula is C20H32O5. The maximum atomic E-state index is 12.0. The van der Waals surface area contributed by atoms with Gasteiger partial charge < -0.3 is 20.4 Å². The van der Waals surface area contributed by atoms with Gasteiger partial charge in [-0.15, -0.1) is 0 Å². The molecule has 5 heteroatoms. The maximum absolute atomic E-state index is 12.0. The van der Waals surface area contributed by atoms with Gasteiger partial charge in [0.2, 0.25) is 0 Å². The summed E-state index contributed by atoms with van der Waals surface area (Å²) >= 11 is 0. The van der Waals surface area contributed by atoms with Crippen LogP contribution in [0.25, 0.3) is 0 Å². The van der Waals surface area contributed by atoms with Crippen LogP contribution in [-0.4, -0.2) is 45.2 Å². The van der Waals surface area contributed by atoms with Crippen LogP contribution in [0.15, 0.2) is 11.6 Å². The van der Waals surface area contributed by atoms with E-state index in [-0.39, 0.29) is 23.9 Å². The van der Waals surface area contributed by atoms with E-state index in [9.17, 15) is 25.2 Å². The lowest BCUT2D eigenvalue weighted by Gasteiger charge is -2.60. The third-order valence-corrected chi connectivity index (χ3v) is 7.78. The molecule has 0 aromatic heterocycles. The summed E-state index contributed by atoms with van der Waals surface area (Å²) in [4.78, 5) is 12.0. The lowest BCUT2D eigenvalue weighted by atomic mass is 9.44. The van der Waals surface area contributed by atoms with Crippen LogP contribution in [0, 0.1) is 28.1 Å². The van der Waals surface area contributed by atoms with E-state index < -0.39 is 29.0 Å². The average Bonchev–Trinajstić information content (AvgIpc) is 2.52. The molecular weight excluding hydrogens is 320 g/mol. The molecule has 0 spiro atoms. The Morgan fingerprint density at radius 1 is 1.28 bits per heavy atom. The van der Waals surface area contributed by atoms with Gasteiger partial charge in [-0.1, -0.05) is 25.5 Å². The highest BCUT2D eigenvalue weighted by molar-refractivity contribution is 5.75. The van der Waals surface area contributed by atoms with Gasteiger partial charge in [0.05, 0.1) is 24.2 Å². The van der Waals surface area contributed by atoms with Crippen molar-refractivity contribution in [3.8, 4) is 0 Å². The first-order valence-corrected chi connectivity index (χ1v) is 9.49. The number of fused-ring (bicyclic) bond motifs is 3. The van der Waals surface area contributed by atoms with Crippen LogP contribution in [0.5, 0.6) is 0 Å². The summed E-state index contributed by atoms with van der Waals surface area (Å²) in [7, 11) is 0. The third kappa shape index (κ3) is 2.75. The molecule has 0 aromatic rings. The highest BCUT2D eigenvalue weighted by atomic mass is 16.4. The van der Waals surface area contributed by atoms with E-state index in [0.29, 0.717) is 12.8 Å². The smallest absolute Gasteiger partial charge is 0.309 e. The first-order chi connectivity index (χ1) is 11.6. The zero-order chi connectivity index (χ0) is 18.6. The summed E-state index contributed by atoms with van der Waals surface area (Å²) in [5.41, 5.74) is -0.265. The Kier molecular flexibility index (Phi) is 4.58. The van der Waals surface area contributed by atoms with E-state index in [0.717, 1.165) is 25.7 Å². The van der Waals surface area contributed by atoms with Gasteiger partial charge in [-0.05, 0) is 62.7 Å². The molecule has 0 radical (unpaired) electrons. The number of hydrogen-bond acceptors (Lipinski definition) is 4. The average molecular weight is 352 g/mol. The molecule has 5 nitrogen and oxygen atoms in total. The van der Waals surface area contributed by atoms with Crippen molar-refractivity contribution in [3.63, 3.8) is 0 Å². The van der Waals surface area contributed by atoms with E-state index in [1.54, 1.807) is 6.92 Å². The molecule has 0 bridgehead atoms. The summed E-state index contributed by atoms with van der Waals surface area (Å²) in [5, 5.41) is 39.9. The Hall–Kier alpha value is -0.910. The molecule has 142 valence electrons. The van der Waals surface area contributed by atoms with Crippen molar-refractivity contribution in [3.05, 3.63) is 11.6 Å². The molecule has 0 amide bonds. The number of aliphatic carboxylic acids is 1. The minimum absolute atomic E-state index is 0.0511. The van der Waals surface area contributed by atoms with E-state index in [2.05, 4.69) is 13.0 Å². The van der Waals surface area contributed by atoms with Gasteiger partial charge in [0.1, 0.15) is 0 Å². The van der Waals surface area contributed by atoms with E-state index >= 15 is 0 Å². The molecule has 3 aliphatic rings. The van der Waals surface area contributed by atoms with Crippen LogP contribution < -0.4 is 0 Å². The third-order valence-electron chi connectivity index (χ3n) is 7.78. The van der Waals surface area contributed by atoms with Crippen molar-refractivity contribution < 1.29 is 25.2 Å². The number of hydrogen-bond donors (Lipinski definition) is 4. The predicted molar refractivity (Wildman–Crippen MR) is 93.8 cm³/mol. The first-order valence-electron chi connectivity index (χ1n) is 9.49. The normalized spacial score (nSPS) is 48.1. The Bertz CT molecular complexity index is 587. The second-order valence-corrected chi connectivity index (χ2v) is 9.40. The SMILES string of the molecule is C[C@@]12C[C@H](O)C[C@@](C)(C(=O)O)[C@H]1CCC1=C[C@@](C)(C(O)CO)CC[C@H]12. The maximum Gasteiger partial charge on any atom is 0.309 e. The number of carboxylic acids is 1. The lowest BCUT2D eigenvalue weighted by molar-refractivity contribution is -0.174. The molecule has 0 heterocycles. The van der Waals surface area contributed by atoms with Gasteiger partial charge in [-0.25, -0.2) is 0 Å². The summed E-state index contributed by atoms with van der Waals surface area (Å²) < 4.78 is 0. The fraction of sp³-hybridized carbons (Fsp3) is 0.850. The van der Waals surface area contributed by atoms with Crippen LogP contribution in [0.2, 0.25) is 0 Å². The molecule has 0 aliphatic heterocycles. The highest BCUT2D eigenvalue weighted by Gasteiger charge is 2.60. The van der Waals surface area contributed by atoms with Gasteiger partial charge >= 0.3 is 5.97 Å². The predicted octanol–water partition coefficient (Wildman–Crippen LogP) is 2.34. The standard InChI is InChI=1S/C20H32O5/c1-18(16(23)11-21)7-6-14-12(8-18)4-5-15-19(14,2)9-13(22)10-20(15,3)17(24)25/h8,13-16,21-23H,4-7,9-11H2,1-3H3,(H,24,25)/t13-,14+,15-,16?,18-,19-,20+/m0/s1. The van der Waals surface area contributed by atoms with Crippen molar-refractivity contribution in [2.24, 2.45) is 28.1 Å². The van der Waals surface area contributed by atoms with Crippen LogP contribution in [0.1, 0.15) is 59.3 Å². The van der Waals surface area contributed by atoms with Crippen LogP contribution in [0.4, 0.5) is 0 Å². The summed E-state index contributed by atoms with van der Waals surface area (Å²) in [5.74, 6) is -0.500. The van der Waals surface area contributed by atoms with Gasteiger partial charge in [0.25, 0.3) is 0 Å². The van der Waals surface area contributed by atoms with Gasteiger partial charge in [0, 0.05) is 5.41 Å². The van der Waals surface area contributed by atoms with Gasteiger partial charge in [0.15, 0.2) is 0 Å². The minimum Gasteiger partial charge on any atom is -0.481 e. The number of carboxylic acid groups (broad SMARTS) is 1. The number of aliphatic hydroxyl groups is 3. The van der Waals surface area contributed by atoms with Crippen LogP contribution in [-0.2, 0) is 4.79 Å². The molecule has 1 unspecified atom stereocenters. The summed E-state index contributed by atoms with van der Waals surface area (Å²) in [6, 6.07) is 0. The van der Waals surface area contributed by atoms with E-state index in [4.69, 9.17) is 0 Å². The van der Waals surface area contributed by atoms with Crippen molar-refractivity contribution in [1.82, 2.24) is 0 Å². The summed E-state index contributed by atoms with van der Waals surface area (Å²) in [6.07, 6.45) is 5.04. The zero-order valence-corrected chi connectivity index (χ0v) is 15.5. The van der Waals surface area contributed by atoms with Crippen LogP contribution in [0.3, 0.4) is 0 Å². The molecule has 2 saturated carbocycles. The van der Waals surface area contributed by atoms with Crippen LogP contribution >= 0.6 is 0 Å². The van der Waals surface area contributed by atoms with Gasteiger partial charge in [-0.2, -0.15) is 0 Å². The Labute approximate surface area is 149 Å². The quantitative estimate of drug-likeness (QED) is 0.585. The van der Waals surface area contributed by atoms with Crippen molar-refractivity contribution >= 4 is 5.97 Å². The minimum atomic E-state index is -0.886. The lowest BCUT2D eigenvalue weighted by Crippen LogP contribution is -2.57. The molecule has 25 heavy (non-hydrogen) atoms. The second kappa shape index (κ2) is 6.07. The van der Waals surface area contributed by atoms with Crippen molar-refractivity contribution in [2.75, 3.05) is 6.61 Å². The number of carbonyl (C=O) groups is 1. The fourth-order valence-corrected chi connectivity index (χ4v) is 6.37. The molecule has 0 saturated heterocycles. The Morgan fingerprint density at radius 2 is 1.96 bits per heavy atom. The molecule has 3 aliphatic carbocycles. The fourth-order valence-electron chi connectivity index (χ4n) is 6.37. The number of allylic oxidation sites excluding steroid dienone is 1. The topological polar surface area (TPSA) is 98.0 Å². The molecule has 0 aromatic carbocycles. The largest absolute Gasteiger partial charge is 0.481 e. The number of aliphatic hydroxyl groups excluding tert-OH is 3. The molecule has 2 fully saturated rings. The summed E-state index contributed by atoms with van der Waals surface area (Å²) in [6.45, 7) is 5.70. The van der Waals surface area contributed by atoms with E-state index in [1.807, 2.05) is 6.92 Å². The Morgan fingerprint density at radius 3 is 2.56 bits per heavy atom.